The van der Waals surface area contributed by atoms with Crippen LogP contribution in [0.4, 0.5) is 11.5 Å². The van der Waals surface area contributed by atoms with Gasteiger partial charge in [0.05, 0.1) is 0 Å². The number of amides is 1. The molecule has 0 aliphatic rings. The van der Waals surface area contributed by atoms with E-state index in [-0.39, 0.29) is 29.9 Å². The largest absolute Gasteiger partial charge is 0.481 e. The summed E-state index contributed by atoms with van der Waals surface area (Å²) >= 11 is 3.36. The molecule has 1 atom stereocenters. The summed E-state index contributed by atoms with van der Waals surface area (Å²) in [5.74, 6) is 0.256. The molecular formula is C21H29BrN4O4. The first-order valence-electron chi connectivity index (χ1n) is 9.87. The zero-order chi connectivity index (χ0) is 22.6. The molecule has 1 amide bonds. The number of nitrogens with two attached hydrogens (primary N) is 1. The molecular weight excluding hydrogens is 452 g/mol. The Morgan fingerprint density at radius 3 is 2.27 bits per heavy atom. The van der Waals surface area contributed by atoms with Crippen molar-refractivity contribution in [1.82, 2.24) is 9.55 Å². The van der Waals surface area contributed by atoms with Crippen LogP contribution in [0, 0.1) is 11.8 Å². The minimum Gasteiger partial charge on any atom is -0.481 e. The van der Waals surface area contributed by atoms with Crippen LogP contribution in [0.15, 0.2) is 38.3 Å². The maximum Gasteiger partial charge on any atom is 0.330 e. The molecule has 0 saturated heterocycles. The van der Waals surface area contributed by atoms with Crippen LogP contribution < -0.4 is 26.6 Å². The van der Waals surface area contributed by atoms with Crippen molar-refractivity contribution in [2.45, 2.75) is 47.3 Å². The number of nitrogen functional groups attached to an aromatic ring is 1. The summed E-state index contributed by atoms with van der Waals surface area (Å²) < 4.78 is 7.96. The Bertz CT molecular complexity index is 996. The first-order valence-corrected chi connectivity index (χ1v) is 10.7. The summed E-state index contributed by atoms with van der Waals surface area (Å²) in [6, 6.07) is 7.10. The Labute approximate surface area is 184 Å². The summed E-state index contributed by atoms with van der Waals surface area (Å²) in [5.41, 5.74) is 4.91. The van der Waals surface area contributed by atoms with Crippen molar-refractivity contribution in [2.75, 3.05) is 17.2 Å². The number of ether oxygens (including phenoxy) is 1. The van der Waals surface area contributed by atoms with Gasteiger partial charge in [0, 0.05) is 17.6 Å². The number of nitrogens with one attached hydrogen (secondary N) is 1. The van der Waals surface area contributed by atoms with Crippen molar-refractivity contribution in [3.8, 4) is 5.75 Å². The van der Waals surface area contributed by atoms with Gasteiger partial charge in [-0.05, 0) is 43.0 Å². The molecule has 0 saturated carbocycles. The number of rotatable bonds is 8. The van der Waals surface area contributed by atoms with Gasteiger partial charge in [-0.15, -0.1) is 0 Å². The van der Waals surface area contributed by atoms with Gasteiger partial charge >= 0.3 is 5.69 Å². The second-order valence-corrected chi connectivity index (χ2v) is 8.97. The molecule has 1 aromatic heterocycles. The molecule has 1 heterocycles. The molecule has 0 spiro atoms. The van der Waals surface area contributed by atoms with E-state index in [1.165, 1.54) is 9.47 Å². The molecule has 164 valence electrons. The number of benzene rings is 1. The highest BCUT2D eigenvalue weighted by Gasteiger charge is 2.29. The van der Waals surface area contributed by atoms with Gasteiger partial charge in [0.25, 0.3) is 11.5 Å². The van der Waals surface area contributed by atoms with Gasteiger partial charge in [-0.25, -0.2) is 4.79 Å². The molecule has 0 bridgehead atoms. The summed E-state index contributed by atoms with van der Waals surface area (Å²) in [6.45, 7) is 9.91. The number of halogens is 1. The number of hydrogen-bond donors (Lipinski definition) is 2. The molecule has 1 aromatic carbocycles. The van der Waals surface area contributed by atoms with E-state index in [2.05, 4.69) is 20.9 Å². The second kappa shape index (κ2) is 9.97. The quantitative estimate of drug-likeness (QED) is 0.603. The van der Waals surface area contributed by atoms with Gasteiger partial charge in [0.1, 0.15) is 11.6 Å². The third kappa shape index (κ3) is 5.75. The van der Waals surface area contributed by atoms with Crippen LogP contribution in [0.3, 0.4) is 0 Å². The van der Waals surface area contributed by atoms with Crippen LogP contribution >= 0.6 is 15.9 Å². The average Bonchev–Trinajstić information content (AvgIpc) is 2.65. The number of carbonyl (C=O) groups is 1. The number of aromatic amines is 1. The van der Waals surface area contributed by atoms with E-state index >= 15 is 0 Å². The fraction of sp³-hybridized carbons (Fsp3) is 0.476. The minimum atomic E-state index is -0.866. The van der Waals surface area contributed by atoms with Gasteiger partial charge in [-0.3, -0.25) is 19.1 Å². The van der Waals surface area contributed by atoms with Crippen LogP contribution in [0.1, 0.15) is 34.6 Å². The highest BCUT2D eigenvalue weighted by atomic mass is 79.9. The Morgan fingerprint density at radius 1 is 1.13 bits per heavy atom. The maximum atomic E-state index is 13.3. The predicted octanol–water partition coefficient (Wildman–Crippen LogP) is 2.99. The lowest BCUT2D eigenvalue weighted by atomic mass is 10.1. The summed E-state index contributed by atoms with van der Waals surface area (Å²) in [4.78, 5) is 41.8. The molecule has 9 heteroatoms. The topological polar surface area (TPSA) is 110 Å². The van der Waals surface area contributed by atoms with E-state index in [0.717, 1.165) is 4.47 Å². The van der Waals surface area contributed by atoms with E-state index < -0.39 is 23.3 Å². The first kappa shape index (κ1) is 23.7. The third-order valence-electron chi connectivity index (χ3n) is 4.32. The molecule has 30 heavy (non-hydrogen) atoms. The molecule has 0 radical (unpaired) electrons. The van der Waals surface area contributed by atoms with Crippen LogP contribution in [0.25, 0.3) is 0 Å². The zero-order valence-electron chi connectivity index (χ0n) is 17.9. The monoisotopic (exact) mass is 480 g/mol. The van der Waals surface area contributed by atoms with Crippen LogP contribution in [-0.4, -0.2) is 28.1 Å². The van der Waals surface area contributed by atoms with Crippen molar-refractivity contribution in [2.24, 2.45) is 11.8 Å². The second-order valence-electron chi connectivity index (χ2n) is 8.05. The number of hydrogen-bond acceptors (Lipinski definition) is 5. The molecule has 1 unspecified atom stereocenters. The van der Waals surface area contributed by atoms with Gasteiger partial charge < -0.3 is 15.4 Å². The lowest BCUT2D eigenvalue weighted by Crippen LogP contribution is -2.47. The number of aromatic nitrogens is 2. The van der Waals surface area contributed by atoms with Crippen LogP contribution in [0.2, 0.25) is 0 Å². The fourth-order valence-electron chi connectivity index (χ4n) is 3.03. The van der Waals surface area contributed by atoms with Crippen LogP contribution in [-0.2, 0) is 11.3 Å². The van der Waals surface area contributed by atoms with Crippen molar-refractivity contribution in [3.63, 3.8) is 0 Å². The predicted molar refractivity (Wildman–Crippen MR) is 122 cm³/mol. The van der Waals surface area contributed by atoms with Crippen LogP contribution in [0.5, 0.6) is 5.75 Å². The summed E-state index contributed by atoms with van der Waals surface area (Å²) in [7, 11) is 0. The zero-order valence-corrected chi connectivity index (χ0v) is 19.5. The molecule has 3 N–H and O–H groups in total. The minimum absolute atomic E-state index is 0.0257. The van der Waals surface area contributed by atoms with E-state index in [4.69, 9.17) is 10.5 Å². The van der Waals surface area contributed by atoms with E-state index in [1.54, 1.807) is 19.1 Å². The average molecular weight is 481 g/mol. The molecule has 0 aliphatic heterocycles. The van der Waals surface area contributed by atoms with Gasteiger partial charge in [-0.2, -0.15) is 0 Å². The SMILES string of the molecule is CC(C)CN(C(=O)C(C)Oc1ccc(Br)cc1)c1c(N)n(CC(C)C)c(=O)[nH]c1=O. The summed E-state index contributed by atoms with van der Waals surface area (Å²) in [6.07, 6.45) is -0.866. The first-order chi connectivity index (χ1) is 14.0. The normalized spacial score (nSPS) is 12.3. The Morgan fingerprint density at radius 2 is 1.73 bits per heavy atom. The van der Waals surface area contributed by atoms with E-state index in [1.807, 2.05) is 39.8 Å². The van der Waals surface area contributed by atoms with Gasteiger partial charge in [-0.1, -0.05) is 43.6 Å². The summed E-state index contributed by atoms with van der Waals surface area (Å²) in [5, 5.41) is 0. The molecule has 0 fully saturated rings. The standard InChI is InChI=1S/C21H29BrN4O4/c1-12(2)10-25(20(28)14(5)30-16-8-6-15(22)7-9-16)17-18(23)26(11-13(3)4)21(29)24-19(17)27/h6-9,12-14H,10-11,23H2,1-5H3,(H,24,27,29). The number of carbonyl (C=O) groups excluding carboxylic acids is 1. The lowest BCUT2D eigenvalue weighted by molar-refractivity contribution is -0.124. The fourth-order valence-corrected chi connectivity index (χ4v) is 3.29. The highest BCUT2D eigenvalue weighted by Crippen LogP contribution is 2.22. The maximum absolute atomic E-state index is 13.3. The highest BCUT2D eigenvalue weighted by molar-refractivity contribution is 9.10. The van der Waals surface area contributed by atoms with Crippen molar-refractivity contribution >= 4 is 33.3 Å². The number of H-pyrrole nitrogens is 1. The Hall–Kier alpha value is -2.55. The molecule has 0 aliphatic carbocycles. The van der Waals surface area contributed by atoms with E-state index in [0.29, 0.717) is 12.3 Å². The van der Waals surface area contributed by atoms with Crippen molar-refractivity contribution in [1.29, 1.82) is 0 Å². The van der Waals surface area contributed by atoms with Crippen molar-refractivity contribution in [3.05, 3.63) is 49.6 Å². The molecule has 2 rings (SSSR count). The third-order valence-corrected chi connectivity index (χ3v) is 4.85. The smallest absolute Gasteiger partial charge is 0.330 e. The molecule has 8 nitrogen and oxygen atoms in total. The van der Waals surface area contributed by atoms with Gasteiger partial charge in [0.2, 0.25) is 0 Å². The molecule has 2 aromatic rings. The van der Waals surface area contributed by atoms with Gasteiger partial charge in [0.15, 0.2) is 11.8 Å². The number of nitrogens with zero attached hydrogens (tertiary/aromatic N) is 2. The Balaban J connectivity index is 2.46. The van der Waals surface area contributed by atoms with Crippen molar-refractivity contribution < 1.29 is 9.53 Å². The Kier molecular flexibility index (Phi) is 7.89. The van der Waals surface area contributed by atoms with E-state index in [9.17, 15) is 14.4 Å². The lowest BCUT2D eigenvalue weighted by Gasteiger charge is -2.28. The number of anilines is 2.